The summed E-state index contributed by atoms with van der Waals surface area (Å²) in [5.41, 5.74) is 0. The van der Waals surface area contributed by atoms with Crippen molar-refractivity contribution < 1.29 is 23.7 Å². The van der Waals surface area contributed by atoms with Gasteiger partial charge in [-0.3, -0.25) is 13.8 Å². The van der Waals surface area contributed by atoms with Crippen LogP contribution in [0.3, 0.4) is 0 Å². The minimum absolute atomic E-state index is 0.298. The van der Waals surface area contributed by atoms with E-state index in [4.69, 9.17) is 5.11 Å². The van der Waals surface area contributed by atoms with Crippen LogP contribution in [-0.2, 0) is 25.2 Å². The maximum atomic E-state index is 11.8. The van der Waals surface area contributed by atoms with Crippen molar-refractivity contribution in [1.82, 2.24) is 10.6 Å². The maximum absolute atomic E-state index is 11.8. The summed E-state index contributed by atoms with van der Waals surface area (Å²) >= 11 is 0. The average Bonchev–Trinajstić information content (AvgIpc) is 2.26. The van der Waals surface area contributed by atoms with Gasteiger partial charge in [0.25, 0.3) is 0 Å². The van der Waals surface area contributed by atoms with Gasteiger partial charge < -0.3 is 15.7 Å². The first-order valence-corrected chi connectivity index (χ1v) is 6.82. The third-order valence-corrected chi connectivity index (χ3v) is 3.79. The highest BCUT2D eigenvalue weighted by atomic mass is 32.2. The van der Waals surface area contributed by atoms with E-state index in [1.165, 1.54) is 13.8 Å². The van der Waals surface area contributed by atoms with E-state index in [0.717, 1.165) is 0 Å². The van der Waals surface area contributed by atoms with Crippen molar-refractivity contribution in [2.45, 2.75) is 32.1 Å². The monoisotopic (exact) mass is 278 g/mol. The highest BCUT2D eigenvalue weighted by Crippen LogP contribution is 2.00. The number of hydrogen-bond donors (Lipinski definition) is 3. The van der Waals surface area contributed by atoms with Gasteiger partial charge in [0.2, 0.25) is 11.8 Å². The molecular weight excluding hydrogens is 260 g/mol. The molecule has 8 heteroatoms. The van der Waals surface area contributed by atoms with E-state index in [9.17, 15) is 18.6 Å². The summed E-state index contributed by atoms with van der Waals surface area (Å²) in [7, 11) is -1.67. The van der Waals surface area contributed by atoms with Gasteiger partial charge in [0.15, 0.2) is 0 Å². The van der Waals surface area contributed by atoms with Crippen molar-refractivity contribution >= 4 is 28.6 Å². The van der Waals surface area contributed by atoms with Gasteiger partial charge in [0, 0.05) is 24.3 Å². The van der Waals surface area contributed by atoms with Gasteiger partial charge in [0.05, 0.1) is 5.75 Å². The number of carbonyl (C=O) groups excluding carboxylic acids is 2. The van der Waals surface area contributed by atoms with E-state index in [-0.39, 0.29) is 5.75 Å². The molecule has 3 unspecified atom stereocenters. The topological polar surface area (TPSA) is 113 Å². The number of nitrogens with one attached hydrogen (secondary N) is 2. The molecule has 7 nitrogen and oxygen atoms in total. The summed E-state index contributed by atoms with van der Waals surface area (Å²) in [5.74, 6) is -2.50. The first-order chi connectivity index (χ1) is 8.29. The predicted octanol–water partition coefficient (Wildman–Crippen LogP) is -1.15. The second-order valence-electron chi connectivity index (χ2n) is 3.68. The SMILES string of the molecule is CCNC(=O)C(C)S(=O)CC(NC(C)=O)C(=O)O. The summed E-state index contributed by atoms with van der Waals surface area (Å²) < 4.78 is 11.8. The van der Waals surface area contributed by atoms with Gasteiger partial charge in [-0.1, -0.05) is 0 Å². The Kier molecular flexibility index (Phi) is 7.18. The Labute approximate surface area is 108 Å². The lowest BCUT2D eigenvalue weighted by atomic mass is 10.3. The Morgan fingerprint density at radius 2 is 1.89 bits per heavy atom. The number of rotatable bonds is 7. The Morgan fingerprint density at radius 3 is 2.28 bits per heavy atom. The van der Waals surface area contributed by atoms with Gasteiger partial charge >= 0.3 is 5.97 Å². The molecule has 0 spiro atoms. The van der Waals surface area contributed by atoms with Gasteiger partial charge in [-0.2, -0.15) is 0 Å². The van der Waals surface area contributed by atoms with Crippen molar-refractivity contribution in [3.63, 3.8) is 0 Å². The Bertz CT molecular complexity index is 358. The molecule has 0 aliphatic carbocycles. The molecular formula is C10H18N2O5S. The molecule has 0 radical (unpaired) electrons. The molecule has 0 saturated carbocycles. The minimum atomic E-state index is -1.67. The van der Waals surface area contributed by atoms with Crippen molar-refractivity contribution in [2.75, 3.05) is 12.3 Å². The molecule has 18 heavy (non-hydrogen) atoms. The van der Waals surface area contributed by atoms with E-state index in [1.54, 1.807) is 6.92 Å². The first kappa shape index (κ1) is 16.6. The van der Waals surface area contributed by atoms with E-state index in [1.807, 2.05) is 0 Å². The molecule has 0 aromatic carbocycles. The van der Waals surface area contributed by atoms with Gasteiger partial charge in [0.1, 0.15) is 11.3 Å². The number of carboxylic acids is 1. The van der Waals surface area contributed by atoms with Crippen LogP contribution in [0, 0.1) is 0 Å². The molecule has 0 saturated heterocycles. The van der Waals surface area contributed by atoms with Crippen LogP contribution in [0.15, 0.2) is 0 Å². The van der Waals surface area contributed by atoms with Crippen molar-refractivity contribution in [3.8, 4) is 0 Å². The standard InChI is InChI=1S/C10H18N2O5S/c1-4-11-9(14)6(2)18(17)5-8(10(15)16)12-7(3)13/h6,8H,4-5H2,1-3H3,(H,11,14)(H,12,13)(H,15,16). The van der Waals surface area contributed by atoms with Crippen molar-refractivity contribution in [2.24, 2.45) is 0 Å². The van der Waals surface area contributed by atoms with E-state index in [2.05, 4.69) is 10.6 Å². The molecule has 0 heterocycles. The zero-order chi connectivity index (χ0) is 14.3. The fourth-order valence-corrected chi connectivity index (χ4v) is 2.33. The Morgan fingerprint density at radius 1 is 1.33 bits per heavy atom. The fourth-order valence-electron chi connectivity index (χ4n) is 1.17. The van der Waals surface area contributed by atoms with Crippen LogP contribution in [0.2, 0.25) is 0 Å². The lowest BCUT2D eigenvalue weighted by Gasteiger charge is -2.16. The minimum Gasteiger partial charge on any atom is -0.480 e. The number of carboxylic acid groups (broad SMARTS) is 1. The van der Waals surface area contributed by atoms with Crippen LogP contribution < -0.4 is 10.6 Å². The van der Waals surface area contributed by atoms with Crippen molar-refractivity contribution in [1.29, 1.82) is 0 Å². The summed E-state index contributed by atoms with van der Waals surface area (Å²) in [6.45, 7) is 4.76. The van der Waals surface area contributed by atoms with Crippen LogP contribution >= 0.6 is 0 Å². The van der Waals surface area contributed by atoms with Gasteiger partial charge in [-0.05, 0) is 13.8 Å². The van der Waals surface area contributed by atoms with Gasteiger partial charge in [-0.25, -0.2) is 4.79 Å². The molecule has 0 aliphatic heterocycles. The molecule has 2 amide bonds. The number of hydrogen-bond acceptors (Lipinski definition) is 4. The van der Waals surface area contributed by atoms with Crippen LogP contribution in [-0.4, -0.2) is 50.7 Å². The van der Waals surface area contributed by atoms with Crippen LogP contribution in [0.5, 0.6) is 0 Å². The highest BCUT2D eigenvalue weighted by molar-refractivity contribution is 7.86. The second kappa shape index (κ2) is 7.80. The largest absolute Gasteiger partial charge is 0.480 e. The summed E-state index contributed by atoms with van der Waals surface area (Å²) in [5, 5.41) is 12.7. The zero-order valence-electron chi connectivity index (χ0n) is 10.6. The highest BCUT2D eigenvalue weighted by Gasteiger charge is 2.26. The predicted molar refractivity (Wildman–Crippen MR) is 66.4 cm³/mol. The number of aliphatic carboxylic acids is 1. The molecule has 0 fully saturated rings. The molecule has 104 valence electrons. The van der Waals surface area contributed by atoms with E-state index < -0.39 is 39.9 Å². The van der Waals surface area contributed by atoms with E-state index >= 15 is 0 Å². The fraction of sp³-hybridized carbons (Fsp3) is 0.700. The average molecular weight is 278 g/mol. The Hall–Kier alpha value is -1.44. The van der Waals surface area contributed by atoms with Gasteiger partial charge in [-0.15, -0.1) is 0 Å². The molecule has 0 aromatic rings. The van der Waals surface area contributed by atoms with Crippen LogP contribution in [0.4, 0.5) is 0 Å². The second-order valence-corrected chi connectivity index (χ2v) is 5.48. The molecule has 0 aliphatic rings. The molecule has 3 atom stereocenters. The van der Waals surface area contributed by atoms with E-state index in [0.29, 0.717) is 6.54 Å². The summed E-state index contributed by atoms with van der Waals surface area (Å²) in [6.07, 6.45) is 0. The Balaban J connectivity index is 4.54. The quantitative estimate of drug-likeness (QED) is 0.544. The van der Waals surface area contributed by atoms with Crippen LogP contribution in [0.25, 0.3) is 0 Å². The maximum Gasteiger partial charge on any atom is 0.327 e. The lowest BCUT2D eigenvalue weighted by molar-refractivity contribution is -0.140. The zero-order valence-corrected chi connectivity index (χ0v) is 11.4. The third kappa shape index (κ3) is 5.76. The molecule has 3 N–H and O–H groups in total. The summed E-state index contributed by atoms with van der Waals surface area (Å²) in [6, 6.07) is -1.25. The molecule has 0 bridgehead atoms. The lowest BCUT2D eigenvalue weighted by Crippen LogP contribution is -2.46. The first-order valence-electron chi connectivity index (χ1n) is 5.44. The smallest absolute Gasteiger partial charge is 0.327 e. The normalized spacial score (nSPS) is 15.3. The number of amides is 2. The number of carbonyl (C=O) groups is 3. The third-order valence-electron chi connectivity index (χ3n) is 2.12. The molecule has 0 aromatic heterocycles. The van der Waals surface area contributed by atoms with Crippen molar-refractivity contribution in [3.05, 3.63) is 0 Å². The molecule has 0 rings (SSSR count). The summed E-state index contributed by atoms with van der Waals surface area (Å²) in [4.78, 5) is 33.1. The van der Waals surface area contributed by atoms with Crippen LogP contribution in [0.1, 0.15) is 20.8 Å².